The van der Waals surface area contributed by atoms with Gasteiger partial charge in [-0.1, -0.05) is 65.5 Å². The van der Waals surface area contributed by atoms with E-state index in [0.29, 0.717) is 9.93 Å². The second-order valence-corrected chi connectivity index (χ2v) is 8.48. The highest BCUT2D eigenvalue weighted by Gasteiger charge is 2.33. The van der Waals surface area contributed by atoms with Crippen molar-refractivity contribution in [2.75, 3.05) is 6.54 Å². The molecule has 0 spiro atoms. The molecule has 0 bridgehead atoms. The van der Waals surface area contributed by atoms with Gasteiger partial charge >= 0.3 is 5.97 Å². The molecular formula is C18H12ClNO3S3. The van der Waals surface area contributed by atoms with Gasteiger partial charge in [0.15, 0.2) is 0 Å². The van der Waals surface area contributed by atoms with Gasteiger partial charge in [0, 0.05) is 14.8 Å². The number of thiocarbonyl (C=S) groups is 1. The molecule has 1 aliphatic heterocycles. The molecule has 0 saturated carbocycles. The molecular weight excluding hydrogens is 410 g/mol. The van der Waals surface area contributed by atoms with E-state index < -0.39 is 12.5 Å². The van der Waals surface area contributed by atoms with Gasteiger partial charge in [-0.05, 0) is 42.0 Å². The molecule has 0 unspecified atom stereocenters. The Balaban J connectivity index is 1.87. The van der Waals surface area contributed by atoms with Gasteiger partial charge in [0.2, 0.25) is 0 Å². The van der Waals surface area contributed by atoms with Crippen LogP contribution in [0, 0.1) is 0 Å². The Morgan fingerprint density at radius 3 is 2.62 bits per heavy atom. The third kappa shape index (κ3) is 4.48. The van der Waals surface area contributed by atoms with E-state index in [0.717, 1.165) is 32.0 Å². The van der Waals surface area contributed by atoms with Crippen LogP contribution in [0.25, 0.3) is 6.08 Å². The van der Waals surface area contributed by atoms with Crippen molar-refractivity contribution < 1.29 is 14.7 Å². The Morgan fingerprint density at radius 1 is 1.23 bits per heavy atom. The topological polar surface area (TPSA) is 57.6 Å². The zero-order valence-corrected chi connectivity index (χ0v) is 16.4. The van der Waals surface area contributed by atoms with Crippen LogP contribution < -0.4 is 0 Å². The van der Waals surface area contributed by atoms with E-state index >= 15 is 0 Å². The average Bonchev–Trinajstić information content (AvgIpc) is 2.86. The summed E-state index contributed by atoms with van der Waals surface area (Å²) < 4.78 is 0.256. The molecule has 2 aromatic carbocycles. The molecule has 3 rings (SSSR count). The second kappa shape index (κ2) is 8.26. The number of carbonyl (C=O) groups excluding carboxylic acids is 1. The van der Waals surface area contributed by atoms with Crippen molar-refractivity contribution in [3.63, 3.8) is 0 Å². The van der Waals surface area contributed by atoms with Crippen LogP contribution in [0.3, 0.4) is 0 Å². The smallest absolute Gasteiger partial charge is 0.323 e. The molecule has 1 amide bonds. The number of hydrogen-bond acceptors (Lipinski definition) is 5. The fraction of sp³-hybridized carbons (Fsp3) is 0.0556. The first-order valence-corrected chi connectivity index (χ1v) is 9.85. The maximum atomic E-state index is 12.4. The molecule has 1 heterocycles. The van der Waals surface area contributed by atoms with Crippen LogP contribution in [0.2, 0.25) is 5.02 Å². The molecule has 1 fully saturated rings. The van der Waals surface area contributed by atoms with E-state index in [9.17, 15) is 9.59 Å². The first-order chi connectivity index (χ1) is 12.4. The molecule has 0 aliphatic carbocycles. The van der Waals surface area contributed by atoms with Crippen molar-refractivity contribution in [2.24, 2.45) is 0 Å². The van der Waals surface area contributed by atoms with Gasteiger partial charge in [-0.25, -0.2) is 0 Å². The molecule has 1 aliphatic rings. The van der Waals surface area contributed by atoms with E-state index in [2.05, 4.69) is 0 Å². The number of rotatable bonds is 5. The maximum Gasteiger partial charge on any atom is 0.323 e. The van der Waals surface area contributed by atoms with Crippen LogP contribution in [0.15, 0.2) is 63.2 Å². The standard InChI is InChI=1S/C18H12ClNO3S3/c19-12-5-7-13(8-6-12)25-14-4-2-1-3-11(14)9-15-17(23)20(10-16(21)22)18(24)26-15/h1-9H,10H2,(H,21,22). The van der Waals surface area contributed by atoms with E-state index in [1.807, 2.05) is 48.5 Å². The summed E-state index contributed by atoms with van der Waals surface area (Å²) in [5.41, 5.74) is 0.864. The fourth-order valence-electron chi connectivity index (χ4n) is 2.24. The van der Waals surface area contributed by atoms with Crippen molar-refractivity contribution in [3.05, 3.63) is 64.0 Å². The summed E-state index contributed by atoms with van der Waals surface area (Å²) in [5, 5.41) is 9.59. The minimum Gasteiger partial charge on any atom is -0.480 e. The largest absolute Gasteiger partial charge is 0.480 e. The van der Waals surface area contributed by atoms with Crippen LogP contribution in [0.1, 0.15) is 5.56 Å². The first-order valence-electron chi connectivity index (χ1n) is 7.43. The van der Waals surface area contributed by atoms with Crippen molar-refractivity contribution in [1.82, 2.24) is 4.90 Å². The lowest BCUT2D eigenvalue weighted by Gasteiger charge is -2.10. The summed E-state index contributed by atoms with van der Waals surface area (Å²) in [6, 6.07) is 15.2. The molecule has 132 valence electrons. The number of hydrogen-bond donors (Lipinski definition) is 1. The second-order valence-electron chi connectivity index (χ2n) is 5.26. The summed E-state index contributed by atoms with van der Waals surface area (Å²) in [5.74, 6) is -1.48. The summed E-state index contributed by atoms with van der Waals surface area (Å²) in [6.07, 6.45) is 1.75. The number of benzene rings is 2. The molecule has 26 heavy (non-hydrogen) atoms. The molecule has 1 saturated heterocycles. The van der Waals surface area contributed by atoms with Gasteiger partial charge in [-0.2, -0.15) is 0 Å². The van der Waals surface area contributed by atoms with E-state index in [-0.39, 0.29) is 10.2 Å². The number of carbonyl (C=O) groups is 2. The summed E-state index contributed by atoms with van der Waals surface area (Å²) in [4.78, 5) is 26.8. The third-order valence-corrected chi connectivity index (χ3v) is 6.14. The van der Waals surface area contributed by atoms with E-state index in [1.165, 1.54) is 0 Å². The number of carboxylic acid groups (broad SMARTS) is 1. The van der Waals surface area contributed by atoms with Crippen LogP contribution >= 0.6 is 47.3 Å². The van der Waals surface area contributed by atoms with Crippen molar-refractivity contribution in [3.8, 4) is 0 Å². The molecule has 8 heteroatoms. The van der Waals surface area contributed by atoms with Crippen molar-refractivity contribution in [2.45, 2.75) is 9.79 Å². The molecule has 0 atom stereocenters. The van der Waals surface area contributed by atoms with Crippen molar-refractivity contribution >= 4 is 69.6 Å². The minimum absolute atomic E-state index is 0.256. The lowest BCUT2D eigenvalue weighted by atomic mass is 10.2. The highest BCUT2D eigenvalue weighted by atomic mass is 35.5. The van der Waals surface area contributed by atoms with Crippen LogP contribution in [-0.2, 0) is 9.59 Å². The van der Waals surface area contributed by atoms with Crippen LogP contribution in [0.4, 0.5) is 0 Å². The van der Waals surface area contributed by atoms with Gasteiger partial charge in [-0.15, -0.1) is 0 Å². The van der Waals surface area contributed by atoms with Crippen molar-refractivity contribution in [1.29, 1.82) is 0 Å². The summed E-state index contributed by atoms with van der Waals surface area (Å²) in [6.45, 7) is -0.427. The molecule has 1 N–H and O–H groups in total. The van der Waals surface area contributed by atoms with Gasteiger partial charge < -0.3 is 5.11 Å². The Hall–Kier alpha value is -1.80. The molecule has 2 aromatic rings. The predicted octanol–water partition coefficient (Wildman–Crippen LogP) is 4.78. The quantitative estimate of drug-likeness (QED) is 0.554. The number of halogens is 1. The SMILES string of the molecule is O=C(O)CN1C(=O)C(=Cc2ccccc2Sc2ccc(Cl)cc2)SC1=S. The predicted molar refractivity (Wildman–Crippen MR) is 110 cm³/mol. The maximum absolute atomic E-state index is 12.4. The Bertz CT molecular complexity index is 912. The molecule has 0 aromatic heterocycles. The van der Waals surface area contributed by atoms with Gasteiger partial charge in [0.05, 0.1) is 4.91 Å². The highest BCUT2D eigenvalue weighted by molar-refractivity contribution is 8.26. The van der Waals surface area contributed by atoms with Gasteiger partial charge in [0.1, 0.15) is 10.9 Å². The Labute approximate surface area is 169 Å². The summed E-state index contributed by atoms with van der Waals surface area (Å²) in [7, 11) is 0. The number of nitrogens with zero attached hydrogens (tertiary/aromatic N) is 1. The zero-order chi connectivity index (χ0) is 18.7. The Morgan fingerprint density at radius 2 is 1.92 bits per heavy atom. The monoisotopic (exact) mass is 421 g/mol. The zero-order valence-electron chi connectivity index (χ0n) is 13.2. The highest BCUT2D eigenvalue weighted by Crippen LogP contribution is 2.36. The van der Waals surface area contributed by atoms with E-state index in [1.54, 1.807) is 17.8 Å². The van der Waals surface area contributed by atoms with Crippen LogP contribution in [0.5, 0.6) is 0 Å². The van der Waals surface area contributed by atoms with Gasteiger partial charge in [0.25, 0.3) is 5.91 Å². The number of carboxylic acids is 1. The molecule has 4 nitrogen and oxygen atoms in total. The number of amides is 1. The lowest BCUT2D eigenvalue weighted by Crippen LogP contribution is -2.33. The van der Waals surface area contributed by atoms with Crippen LogP contribution in [-0.4, -0.2) is 32.7 Å². The summed E-state index contributed by atoms with van der Waals surface area (Å²) >= 11 is 13.7. The Kier molecular flexibility index (Phi) is 6.03. The third-order valence-electron chi connectivity index (χ3n) is 3.41. The van der Waals surface area contributed by atoms with Gasteiger partial charge in [-0.3, -0.25) is 14.5 Å². The fourth-order valence-corrected chi connectivity index (χ4v) is 4.52. The normalized spacial score (nSPS) is 15.7. The lowest BCUT2D eigenvalue weighted by molar-refractivity contribution is -0.140. The number of aliphatic carboxylic acids is 1. The minimum atomic E-state index is -1.10. The van der Waals surface area contributed by atoms with E-state index in [4.69, 9.17) is 28.9 Å². The number of thioether (sulfide) groups is 1. The first kappa shape index (κ1) is 19.0. The molecule has 0 radical (unpaired) electrons. The average molecular weight is 422 g/mol.